The Bertz CT molecular complexity index is 462. The number of hydrogen-bond acceptors (Lipinski definition) is 6. The van der Waals surface area contributed by atoms with Gasteiger partial charge in [0, 0.05) is 6.07 Å². The van der Waals surface area contributed by atoms with Gasteiger partial charge in [-0.15, -0.1) is 0 Å². The Morgan fingerprint density at radius 1 is 1.29 bits per heavy atom. The Balaban J connectivity index is 0. The number of amides is 1. The van der Waals surface area contributed by atoms with E-state index in [0.29, 0.717) is 0 Å². The fourth-order valence-corrected chi connectivity index (χ4v) is 0.584. The summed E-state index contributed by atoms with van der Waals surface area (Å²) in [5.41, 5.74) is 7.25. The van der Waals surface area contributed by atoms with E-state index >= 15 is 0 Å². The van der Waals surface area contributed by atoms with Crippen LogP contribution in [0, 0.1) is 0 Å². The van der Waals surface area contributed by atoms with Crippen LogP contribution in [0.1, 0.15) is 10.5 Å². The Labute approximate surface area is 94.2 Å². The molecule has 1 amide bonds. The first-order valence-corrected chi connectivity index (χ1v) is 3.92. The van der Waals surface area contributed by atoms with Gasteiger partial charge in [-0.25, -0.2) is 9.59 Å². The van der Waals surface area contributed by atoms with Crippen LogP contribution in [0.4, 0.5) is 0 Å². The van der Waals surface area contributed by atoms with Crippen molar-refractivity contribution in [2.75, 3.05) is 6.54 Å². The van der Waals surface area contributed by atoms with Gasteiger partial charge in [-0.3, -0.25) is 14.6 Å². The lowest BCUT2D eigenvalue weighted by atomic mass is 10.4. The van der Waals surface area contributed by atoms with Gasteiger partial charge in [0.1, 0.15) is 5.69 Å². The van der Waals surface area contributed by atoms with Crippen LogP contribution in [0.15, 0.2) is 15.7 Å². The molecule has 1 rings (SSSR count). The molecule has 10 N–H and O–H groups in total. The zero-order chi connectivity index (χ0) is 12.7. The van der Waals surface area contributed by atoms with Crippen LogP contribution < -0.4 is 28.9 Å². The van der Waals surface area contributed by atoms with Crippen molar-refractivity contribution >= 4 is 11.9 Å². The number of carbonyl (C=O) groups excluding carboxylic acids is 1. The predicted molar refractivity (Wildman–Crippen MR) is 57.9 cm³/mol. The summed E-state index contributed by atoms with van der Waals surface area (Å²) in [6.45, 7) is -0.0556. The second-order valence-corrected chi connectivity index (χ2v) is 2.48. The lowest BCUT2D eigenvalue weighted by Crippen LogP contribution is -2.24. The Morgan fingerprint density at radius 3 is 2.06 bits per heavy atom. The van der Waals surface area contributed by atoms with Crippen LogP contribution in [0.2, 0.25) is 0 Å². The first kappa shape index (κ1) is 17.0. The zero-order valence-corrected chi connectivity index (χ0v) is 8.73. The monoisotopic (exact) mass is 247 g/mol. The summed E-state index contributed by atoms with van der Waals surface area (Å²) < 4.78 is 0. The summed E-state index contributed by atoms with van der Waals surface area (Å²) in [5.74, 6) is -1.81. The molecule has 0 bridgehead atoms. The maximum absolute atomic E-state index is 10.5. The van der Waals surface area contributed by atoms with Crippen molar-refractivity contribution in [2.24, 2.45) is 11.5 Å². The first-order valence-electron chi connectivity index (χ1n) is 3.92. The number of nitrogens with two attached hydrogens (primary N) is 2. The van der Waals surface area contributed by atoms with Crippen LogP contribution in [-0.2, 0) is 4.79 Å². The van der Waals surface area contributed by atoms with Crippen molar-refractivity contribution < 1.29 is 14.7 Å². The van der Waals surface area contributed by atoms with Crippen LogP contribution in [0.3, 0.4) is 0 Å². The molecule has 0 aliphatic heterocycles. The molecule has 0 aliphatic rings. The highest BCUT2D eigenvalue weighted by atomic mass is 16.4. The van der Waals surface area contributed by atoms with E-state index in [1.807, 2.05) is 9.97 Å². The van der Waals surface area contributed by atoms with Crippen LogP contribution >= 0.6 is 0 Å². The van der Waals surface area contributed by atoms with E-state index in [1.54, 1.807) is 0 Å². The molecule has 0 saturated heterocycles. The SMILES string of the molecule is N.NCC(N)=O.O=C(O)c1cc(=O)[nH]c(=O)[nH]1. The van der Waals surface area contributed by atoms with Gasteiger partial charge in [-0.05, 0) is 0 Å². The van der Waals surface area contributed by atoms with Gasteiger partial charge in [0.15, 0.2) is 0 Å². The average molecular weight is 247 g/mol. The third-order valence-corrected chi connectivity index (χ3v) is 1.19. The number of carboxylic acid groups (broad SMARTS) is 1. The molecule has 0 spiro atoms. The van der Waals surface area contributed by atoms with E-state index < -0.39 is 28.8 Å². The molecule has 10 heteroatoms. The number of H-pyrrole nitrogens is 2. The molecule has 1 aromatic rings. The van der Waals surface area contributed by atoms with Crippen molar-refractivity contribution in [2.45, 2.75) is 0 Å². The van der Waals surface area contributed by atoms with Gasteiger partial charge in [-0.2, -0.15) is 0 Å². The number of carbonyl (C=O) groups is 2. The number of aromatic amines is 2. The van der Waals surface area contributed by atoms with Crippen molar-refractivity contribution in [3.63, 3.8) is 0 Å². The first-order chi connectivity index (χ1) is 7.36. The topological polar surface area (TPSA) is 207 Å². The summed E-state index contributed by atoms with van der Waals surface area (Å²) in [5, 5.41) is 8.31. The summed E-state index contributed by atoms with van der Waals surface area (Å²) in [4.78, 5) is 44.3. The lowest BCUT2D eigenvalue weighted by molar-refractivity contribution is -0.116. The van der Waals surface area contributed by atoms with Gasteiger partial charge in [-0.1, -0.05) is 0 Å². The Hall–Kier alpha value is -2.46. The molecule has 0 atom stereocenters. The minimum absolute atomic E-state index is 0. The van der Waals surface area contributed by atoms with Gasteiger partial charge >= 0.3 is 11.7 Å². The van der Waals surface area contributed by atoms with E-state index in [-0.39, 0.29) is 12.7 Å². The third kappa shape index (κ3) is 7.47. The minimum Gasteiger partial charge on any atom is -0.477 e. The van der Waals surface area contributed by atoms with E-state index in [4.69, 9.17) is 10.8 Å². The number of aromatic nitrogens is 2. The molecule has 0 saturated carbocycles. The van der Waals surface area contributed by atoms with Gasteiger partial charge in [0.2, 0.25) is 5.91 Å². The van der Waals surface area contributed by atoms with E-state index in [1.165, 1.54) is 0 Å². The predicted octanol–water partition coefficient (Wildman–Crippen LogP) is -2.65. The average Bonchev–Trinajstić information content (AvgIpc) is 2.17. The highest BCUT2D eigenvalue weighted by molar-refractivity contribution is 5.84. The second-order valence-electron chi connectivity index (χ2n) is 2.48. The Morgan fingerprint density at radius 2 is 1.76 bits per heavy atom. The summed E-state index contributed by atoms with van der Waals surface area (Å²) >= 11 is 0. The van der Waals surface area contributed by atoms with Gasteiger partial charge in [0.05, 0.1) is 6.54 Å². The number of primary amides is 1. The maximum atomic E-state index is 10.5. The zero-order valence-electron chi connectivity index (χ0n) is 8.73. The van der Waals surface area contributed by atoms with Crippen LogP contribution in [0.25, 0.3) is 0 Å². The molecule has 10 nitrogen and oxygen atoms in total. The van der Waals surface area contributed by atoms with Crippen LogP contribution in [-0.4, -0.2) is 33.5 Å². The molecular formula is C7H13N5O5. The quantitative estimate of drug-likeness (QED) is 0.326. The summed E-state index contributed by atoms with van der Waals surface area (Å²) in [6, 6.07) is 0.795. The molecule has 0 unspecified atom stereocenters. The van der Waals surface area contributed by atoms with Gasteiger partial charge < -0.3 is 27.7 Å². The standard InChI is InChI=1S/C5H4N2O4.C2H6N2O.H3N/c8-3-1-2(4(9)10)6-5(11)7-3;3-1-2(4)5;/h1H,(H,9,10)(H2,6,7,8,11);1,3H2,(H2,4,5);1H3. The highest BCUT2D eigenvalue weighted by Crippen LogP contribution is 1.81. The molecule has 17 heavy (non-hydrogen) atoms. The van der Waals surface area contributed by atoms with Crippen LogP contribution in [0.5, 0.6) is 0 Å². The number of carboxylic acids is 1. The molecule has 0 fully saturated rings. The lowest BCUT2D eigenvalue weighted by Gasteiger charge is -1.89. The van der Waals surface area contributed by atoms with Crippen molar-refractivity contribution in [3.8, 4) is 0 Å². The fourth-order valence-electron chi connectivity index (χ4n) is 0.584. The molecule has 0 radical (unpaired) electrons. The summed E-state index contributed by atoms with van der Waals surface area (Å²) in [6.07, 6.45) is 0. The highest BCUT2D eigenvalue weighted by Gasteiger charge is 2.03. The third-order valence-electron chi connectivity index (χ3n) is 1.19. The minimum atomic E-state index is -1.34. The van der Waals surface area contributed by atoms with Crippen molar-refractivity contribution in [1.29, 1.82) is 0 Å². The molecule has 0 aromatic carbocycles. The number of nitrogens with one attached hydrogen (secondary N) is 2. The van der Waals surface area contributed by atoms with Crippen molar-refractivity contribution in [3.05, 3.63) is 32.6 Å². The molecule has 0 aliphatic carbocycles. The molecular weight excluding hydrogens is 234 g/mol. The number of hydrogen-bond donors (Lipinski definition) is 6. The van der Waals surface area contributed by atoms with E-state index in [0.717, 1.165) is 6.07 Å². The largest absolute Gasteiger partial charge is 0.477 e. The molecule has 1 heterocycles. The fraction of sp³-hybridized carbons (Fsp3) is 0.143. The number of aromatic carboxylic acids is 1. The van der Waals surface area contributed by atoms with E-state index in [2.05, 4.69) is 5.73 Å². The summed E-state index contributed by atoms with van der Waals surface area (Å²) in [7, 11) is 0. The van der Waals surface area contributed by atoms with Gasteiger partial charge in [0.25, 0.3) is 5.56 Å². The molecule has 96 valence electrons. The second kappa shape index (κ2) is 7.78. The van der Waals surface area contributed by atoms with E-state index in [9.17, 15) is 19.2 Å². The molecule has 1 aromatic heterocycles. The smallest absolute Gasteiger partial charge is 0.352 e. The Kier molecular flexibility index (Phi) is 7.76. The normalized spacial score (nSPS) is 8.29. The number of rotatable bonds is 2. The maximum Gasteiger partial charge on any atom is 0.352 e. The van der Waals surface area contributed by atoms with Crippen molar-refractivity contribution in [1.82, 2.24) is 16.1 Å².